The van der Waals surface area contributed by atoms with Gasteiger partial charge in [-0.1, -0.05) is 30.3 Å². The molecule has 0 spiro atoms. The summed E-state index contributed by atoms with van der Waals surface area (Å²) in [6.45, 7) is 2.79. The molecule has 2 aromatic heterocycles. The number of nitrogens with two attached hydrogens (primary N) is 1. The number of rotatable bonds is 5. The maximum absolute atomic E-state index is 12.1. The summed E-state index contributed by atoms with van der Waals surface area (Å²) in [6, 6.07) is 9.93. The molecule has 0 radical (unpaired) electrons. The number of nitrogens with one attached hydrogen (secondary N) is 2. The van der Waals surface area contributed by atoms with Crippen LogP contribution in [-0.4, -0.2) is 14.5 Å². The lowest BCUT2D eigenvalue weighted by atomic mass is 10.2. The maximum atomic E-state index is 12.1. The van der Waals surface area contributed by atoms with Gasteiger partial charge in [-0.05, 0) is 12.5 Å². The first-order chi connectivity index (χ1) is 11.6. The Balaban J connectivity index is 1.89. The molecule has 8 heteroatoms. The summed E-state index contributed by atoms with van der Waals surface area (Å²) in [4.78, 5) is 30.5. The van der Waals surface area contributed by atoms with E-state index in [0.29, 0.717) is 23.9 Å². The summed E-state index contributed by atoms with van der Waals surface area (Å²) in [5.41, 5.74) is 6.76. The molecule has 0 amide bonds. The van der Waals surface area contributed by atoms with Gasteiger partial charge in [0.2, 0.25) is 0 Å². The molecule has 0 fully saturated rings. The summed E-state index contributed by atoms with van der Waals surface area (Å²) < 4.78 is 1.31. The SMILES string of the molecule is CCn1c(N)c(-c2csc(NCc3ccccc3)n2)c(=O)[nH]c1=O. The van der Waals surface area contributed by atoms with E-state index in [9.17, 15) is 9.59 Å². The lowest BCUT2D eigenvalue weighted by Crippen LogP contribution is -2.32. The molecule has 1 aromatic carbocycles. The molecular formula is C16H17N5O2S. The van der Waals surface area contributed by atoms with Crippen LogP contribution >= 0.6 is 11.3 Å². The molecule has 0 saturated carbocycles. The van der Waals surface area contributed by atoms with Gasteiger partial charge < -0.3 is 11.1 Å². The van der Waals surface area contributed by atoms with Crippen molar-refractivity contribution in [1.29, 1.82) is 0 Å². The first-order valence-corrected chi connectivity index (χ1v) is 8.34. The number of H-pyrrole nitrogens is 1. The minimum Gasteiger partial charge on any atom is -0.384 e. The second-order valence-corrected chi connectivity index (χ2v) is 6.00. The van der Waals surface area contributed by atoms with Crippen molar-refractivity contribution >= 4 is 22.3 Å². The number of aromatic nitrogens is 3. The van der Waals surface area contributed by atoms with Crippen molar-refractivity contribution in [2.45, 2.75) is 20.0 Å². The molecule has 0 unspecified atom stereocenters. The zero-order valence-electron chi connectivity index (χ0n) is 13.1. The monoisotopic (exact) mass is 343 g/mol. The van der Waals surface area contributed by atoms with E-state index in [0.717, 1.165) is 5.56 Å². The van der Waals surface area contributed by atoms with E-state index in [2.05, 4.69) is 15.3 Å². The van der Waals surface area contributed by atoms with Crippen molar-refractivity contribution in [3.05, 3.63) is 62.1 Å². The Labute approximate surface area is 141 Å². The van der Waals surface area contributed by atoms with Crippen LogP contribution in [0.2, 0.25) is 0 Å². The molecule has 3 rings (SSSR count). The lowest BCUT2D eigenvalue weighted by Gasteiger charge is -2.08. The summed E-state index contributed by atoms with van der Waals surface area (Å²) in [5, 5.41) is 5.65. The van der Waals surface area contributed by atoms with Crippen LogP contribution in [0.15, 0.2) is 45.3 Å². The molecule has 24 heavy (non-hydrogen) atoms. The molecule has 2 heterocycles. The maximum Gasteiger partial charge on any atom is 0.329 e. The van der Waals surface area contributed by atoms with Gasteiger partial charge in [0.1, 0.15) is 11.4 Å². The first kappa shape index (κ1) is 16.0. The lowest BCUT2D eigenvalue weighted by molar-refractivity contribution is 0.706. The van der Waals surface area contributed by atoms with Crippen molar-refractivity contribution in [3.8, 4) is 11.3 Å². The van der Waals surface area contributed by atoms with E-state index in [4.69, 9.17) is 5.73 Å². The first-order valence-electron chi connectivity index (χ1n) is 7.46. The average molecular weight is 343 g/mol. The number of hydrogen-bond donors (Lipinski definition) is 3. The smallest absolute Gasteiger partial charge is 0.329 e. The van der Waals surface area contributed by atoms with Crippen LogP contribution in [0.25, 0.3) is 11.3 Å². The van der Waals surface area contributed by atoms with E-state index in [1.165, 1.54) is 15.9 Å². The van der Waals surface area contributed by atoms with Gasteiger partial charge in [0.05, 0.1) is 5.69 Å². The van der Waals surface area contributed by atoms with Crippen molar-refractivity contribution in [2.75, 3.05) is 11.1 Å². The van der Waals surface area contributed by atoms with Crippen LogP contribution in [0.1, 0.15) is 12.5 Å². The molecule has 0 bridgehead atoms. The Bertz CT molecular complexity index is 959. The Morgan fingerprint density at radius 1 is 1.29 bits per heavy atom. The zero-order valence-corrected chi connectivity index (χ0v) is 13.9. The fourth-order valence-corrected chi connectivity index (χ4v) is 3.09. The fraction of sp³-hybridized carbons (Fsp3) is 0.188. The molecule has 124 valence electrons. The highest BCUT2D eigenvalue weighted by molar-refractivity contribution is 7.14. The third kappa shape index (κ3) is 3.09. The quantitative estimate of drug-likeness (QED) is 0.656. The number of aromatic amines is 1. The van der Waals surface area contributed by atoms with Gasteiger partial charge >= 0.3 is 5.69 Å². The molecule has 0 aliphatic carbocycles. The highest BCUT2D eigenvalue weighted by Gasteiger charge is 2.16. The Kier molecular flexibility index (Phi) is 4.48. The van der Waals surface area contributed by atoms with E-state index < -0.39 is 11.2 Å². The number of hydrogen-bond acceptors (Lipinski definition) is 6. The Morgan fingerprint density at radius 3 is 2.75 bits per heavy atom. The molecule has 0 saturated heterocycles. The molecule has 0 atom stereocenters. The van der Waals surface area contributed by atoms with E-state index >= 15 is 0 Å². The number of nitrogens with zero attached hydrogens (tertiary/aromatic N) is 2. The number of thiazole rings is 1. The van der Waals surface area contributed by atoms with Gasteiger partial charge in [0.25, 0.3) is 5.56 Å². The second kappa shape index (κ2) is 6.71. The predicted molar refractivity (Wildman–Crippen MR) is 96.3 cm³/mol. The minimum atomic E-state index is -0.526. The van der Waals surface area contributed by atoms with Crippen LogP contribution in [-0.2, 0) is 13.1 Å². The average Bonchev–Trinajstić information content (AvgIpc) is 3.02. The van der Waals surface area contributed by atoms with Gasteiger partial charge in [-0.3, -0.25) is 14.3 Å². The van der Waals surface area contributed by atoms with Crippen LogP contribution < -0.4 is 22.3 Å². The highest BCUT2D eigenvalue weighted by Crippen LogP contribution is 2.26. The summed E-state index contributed by atoms with van der Waals surface area (Å²) >= 11 is 1.38. The van der Waals surface area contributed by atoms with Crippen LogP contribution in [0.5, 0.6) is 0 Å². The molecule has 0 aliphatic heterocycles. The standard InChI is InChI=1S/C16H17N5O2S/c1-2-21-13(17)12(14(22)20-16(21)23)11-9-24-15(19-11)18-8-10-6-4-3-5-7-10/h3-7,9H,2,8,17H2,1H3,(H,18,19)(H,20,22,23). The largest absolute Gasteiger partial charge is 0.384 e. The molecule has 3 aromatic rings. The highest BCUT2D eigenvalue weighted by atomic mass is 32.1. The number of benzene rings is 1. The second-order valence-electron chi connectivity index (χ2n) is 5.14. The van der Waals surface area contributed by atoms with E-state index in [1.54, 1.807) is 12.3 Å². The Morgan fingerprint density at radius 2 is 2.04 bits per heavy atom. The topological polar surface area (TPSA) is 106 Å². The summed E-state index contributed by atoms with van der Waals surface area (Å²) in [5.74, 6) is 0.131. The van der Waals surface area contributed by atoms with Crippen molar-refractivity contribution < 1.29 is 0 Å². The van der Waals surface area contributed by atoms with Crippen molar-refractivity contribution in [2.24, 2.45) is 0 Å². The van der Waals surface area contributed by atoms with Crippen LogP contribution in [0.3, 0.4) is 0 Å². The predicted octanol–water partition coefficient (Wildman–Crippen LogP) is 1.87. The minimum absolute atomic E-state index is 0.131. The zero-order chi connectivity index (χ0) is 17.1. The normalized spacial score (nSPS) is 10.7. The molecule has 4 N–H and O–H groups in total. The fourth-order valence-electron chi connectivity index (χ4n) is 2.39. The summed E-state index contributed by atoms with van der Waals surface area (Å²) in [7, 11) is 0. The van der Waals surface area contributed by atoms with Gasteiger partial charge in [0, 0.05) is 18.5 Å². The number of nitrogen functional groups attached to an aromatic ring is 1. The molecule has 0 aliphatic rings. The van der Waals surface area contributed by atoms with E-state index in [1.807, 2.05) is 30.3 Å². The number of anilines is 2. The van der Waals surface area contributed by atoms with Gasteiger partial charge in [-0.15, -0.1) is 11.3 Å². The van der Waals surface area contributed by atoms with Crippen molar-refractivity contribution in [1.82, 2.24) is 14.5 Å². The van der Waals surface area contributed by atoms with Crippen LogP contribution in [0, 0.1) is 0 Å². The Hall–Kier alpha value is -2.87. The summed E-state index contributed by atoms with van der Waals surface area (Å²) in [6.07, 6.45) is 0. The van der Waals surface area contributed by atoms with Gasteiger partial charge in [-0.25, -0.2) is 9.78 Å². The molecular weight excluding hydrogens is 326 g/mol. The van der Waals surface area contributed by atoms with E-state index in [-0.39, 0.29) is 11.4 Å². The van der Waals surface area contributed by atoms with Gasteiger partial charge in [0.15, 0.2) is 5.13 Å². The van der Waals surface area contributed by atoms with Crippen LogP contribution in [0.4, 0.5) is 10.9 Å². The molecule has 7 nitrogen and oxygen atoms in total. The third-order valence-corrected chi connectivity index (χ3v) is 4.40. The third-order valence-electron chi connectivity index (χ3n) is 3.60. The van der Waals surface area contributed by atoms with Gasteiger partial charge in [-0.2, -0.15) is 0 Å². The van der Waals surface area contributed by atoms with Crippen molar-refractivity contribution in [3.63, 3.8) is 0 Å².